The Morgan fingerprint density at radius 3 is 2.27 bits per heavy atom. The number of carbonyl (C=O) groups is 1. The predicted octanol–water partition coefficient (Wildman–Crippen LogP) is 4.89. The number of aromatic nitrogens is 3. The minimum Gasteiger partial charge on any atom is -0.346 e. The van der Waals surface area contributed by atoms with Crippen molar-refractivity contribution in [3.63, 3.8) is 0 Å². The summed E-state index contributed by atoms with van der Waals surface area (Å²) in [5, 5.41) is 5.44. The number of nitrogens with zero attached hydrogens (tertiary/aromatic N) is 3. The van der Waals surface area contributed by atoms with Gasteiger partial charge in [0.25, 0.3) is 5.91 Å². The molecular formula is C18H11ClF6N4O. The number of halogens is 7. The Hall–Kier alpha value is -3.08. The lowest BCUT2D eigenvalue weighted by Crippen LogP contribution is -2.27. The van der Waals surface area contributed by atoms with Gasteiger partial charge in [-0.1, -0.05) is 29.8 Å². The molecule has 1 aromatic carbocycles. The molecule has 5 nitrogen and oxygen atoms in total. The van der Waals surface area contributed by atoms with E-state index in [2.05, 4.69) is 15.4 Å². The number of benzene rings is 1. The lowest BCUT2D eigenvalue weighted by atomic mass is 10.2. The van der Waals surface area contributed by atoms with E-state index in [1.165, 1.54) is 24.3 Å². The SMILES string of the molecule is O=C(NCc1ncc(C(F)(F)F)cc1Cl)c1cnn(-c2ccccc2)c1C(F)(F)F. The summed E-state index contributed by atoms with van der Waals surface area (Å²) in [5.74, 6) is -1.14. The normalized spacial score (nSPS) is 12.1. The number of alkyl halides is 6. The average Bonchev–Trinajstić information content (AvgIpc) is 3.12. The van der Waals surface area contributed by atoms with E-state index in [1.807, 2.05) is 0 Å². The standard InChI is InChI=1S/C18H11ClF6N4O/c19-13-6-10(17(20,21)22)7-26-14(13)9-27-16(30)12-8-28-29(15(12)18(23,24)25)11-4-2-1-3-5-11/h1-8H,9H2,(H,27,30). The van der Waals surface area contributed by atoms with E-state index in [1.54, 1.807) is 6.07 Å². The summed E-state index contributed by atoms with van der Waals surface area (Å²) in [6.07, 6.45) is -8.29. The molecule has 1 amide bonds. The molecule has 0 aliphatic rings. The molecule has 0 saturated heterocycles. The fourth-order valence-electron chi connectivity index (χ4n) is 2.56. The number of para-hydroxylation sites is 1. The number of pyridine rings is 1. The van der Waals surface area contributed by atoms with Crippen LogP contribution in [0.4, 0.5) is 26.3 Å². The molecule has 0 unspecified atom stereocenters. The topological polar surface area (TPSA) is 59.8 Å². The third-order valence-corrected chi connectivity index (χ3v) is 4.27. The first-order valence-corrected chi connectivity index (χ1v) is 8.56. The van der Waals surface area contributed by atoms with E-state index in [0.29, 0.717) is 16.9 Å². The van der Waals surface area contributed by atoms with Gasteiger partial charge in [0.1, 0.15) is 0 Å². The Bertz CT molecular complexity index is 1060. The lowest BCUT2D eigenvalue weighted by molar-refractivity contribution is -0.143. The lowest BCUT2D eigenvalue weighted by Gasteiger charge is -2.13. The van der Waals surface area contributed by atoms with Crippen LogP contribution >= 0.6 is 11.6 Å². The number of carbonyl (C=O) groups excluding carboxylic acids is 1. The molecule has 0 fully saturated rings. The summed E-state index contributed by atoms with van der Waals surface area (Å²) in [7, 11) is 0. The Kier molecular flexibility index (Phi) is 5.75. The Morgan fingerprint density at radius 1 is 1.03 bits per heavy atom. The van der Waals surface area contributed by atoms with Crippen LogP contribution in [0.2, 0.25) is 5.02 Å². The minimum absolute atomic E-state index is 0.0938. The molecule has 0 aliphatic carbocycles. The van der Waals surface area contributed by atoms with Crippen LogP contribution in [0.5, 0.6) is 0 Å². The summed E-state index contributed by atoms with van der Waals surface area (Å²) in [6, 6.07) is 8.01. The van der Waals surface area contributed by atoms with Crippen LogP contribution in [0.25, 0.3) is 5.69 Å². The molecular weight excluding hydrogens is 438 g/mol. The van der Waals surface area contributed by atoms with Gasteiger partial charge in [-0.25, -0.2) is 4.68 Å². The largest absolute Gasteiger partial charge is 0.434 e. The number of hydrogen-bond acceptors (Lipinski definition) is 3. The van der Waals surface area contributed by atoms with Crippen molar-refractivity contribution < 1.29 is 31.1 Å². The van der Waals surface area contributed by atoms with Crippen molar-refractivity contribution in [2.75, 3.05) is 0 Å². The molecule has 0 saturated carbocycles. The zero-order valence-electron chi connectivity index (χ0n) is 14.7. The van der Waals surface area contributed by atoms with Crippen LogP contribution in [0.3, 0.4) is 0 Å². The molecule has 0 aliphatic heterocycles. The summed E-state index contributed by atoms with van der Waals surface area (Å²) >= 11 is 5.74. The Morgan fingerprint density at radius 2 is 1.70 bits per heavy atom. The van der Waals surface area contributed by atoms with Gasteiger partial charge in [0.05, 0.1) is 40.3 Å². The zero-order chi connectivity index (χ0) is 22.1. The van der Waals surface area contributed by atoms with Crippen LogP contribution in [0, 0.1) is 0 Å². The molecule has 2 aromatic heterocycles. The van der Waals surface area contributed by atoms with Gasteiger partial charge in [0.15, 0.2) is 5.69 Å². The molecule has 3 rings (SSSR count). The van der Waals surface area contributed by atoms with Crippen LogP contribution in [0.15, 0.2) is 48.8 Å². The van der Waals surface area contributed by atoms with E-state index in [-0.39, 0.29) is 16.4 Å². The van der Waals surface area contributed by atoms with Crippen molar-refractivity contribution in [1.29, 1.82) is 0 Å². The van der Waals surface area contributed by atoms with Gasteiger partial charge in [-0.3, -0.25) is 9.78 Å². The average molecular weight is 449 g/mol. The van der Waals surface area contributed by atoms with Gasteiger partial charge < -0.3 is 5.32 Å². The van der Waals surface area contributed by atoms with E-state index >= 15 is 0 Å². The molecule has 2 heterocycles. The van der Waals surface area contributed by atoms with Crippen molar-refractivity contribution in [1.82, 2.24) is 20.1 Å². The number of rotatable bonds is 4. The molecule has 12 heteroatoms. The molecule has 0 radical (unpaired) electrons. The first kappa shape index (κ1) is 21.6. The maximum absolute atomic E-state index is 13.6. The van der Waals surface area contributed by atoms with Gasteiger partial charge in [-0.15, -0.1) is 0 Å². The van der Waals surface area contributed by atoms with Gasteiger partial charge in [0, 0.05) is 6.20 Å². The minimum atomic E-state index is -4.90. The van der Waals surface area contributed by atoms with Gasteiger partial charge in [-0.05, 0) is 18.2 Å². The highest BCUT2D eigenvalue weighted by atomic mass is 35.5. The molecule has 1 N–H and O–H groups in total. The molecule has 0 atom stereocenters. The summed E-state index contributed by atoms with van der Waals surface area (Å²) in [5.41, 5.74) is -3.18. The molecule has 0 bridgehead atoms. The quantitative estimate of drug-likeness (QED) is 0.578. The predicted molar refractivity (Wildman–Crippen MR) is 94.0 cm³/mol. The number of amides is 1. The van der Waals surface area contributed by atoms with Crippen molar-refractivity contribution >= 4 is 17.5 Å². The van der Waals surface area contributed by atoms with E-state index in [9.17, 15) is 31.1 Å². The van der Waals surface area contributed by atoms with Gasteiger partial charge >= 0.3 is 12.4 Å². The maximum Gasteiger partial charge on any atom is 0.434 e. The zero-order valence-corrected chi connectivity index (χ0v) is 15.5. The van der Waals surface area contributed by atoms with E-state index in [0.717, 1.165) is 6.20 Å². The van der Waals surface area contributed by atoms with Gasteiger partial charge in [-0.2, -0.15) is 31.4 Å². The second kappa shape index (κ2) is 7.98. The second-order valence-electron chi connectivity index (χ2n) is 5.98. The fourth-order valence-corrected chi connectivity index (χ4v) is 2.80. The third-order valence-electron chi connectivity index (χ3n) is 3.94. The molecule has 0 spiro atoms. The second-order valence-corrected chi connectivity index (χ2v) is 6.39. The maximum atomic E-state index is 13.6. The fraction of sp³-hybridized carbons (Fsp3) is 0.167. The summed E-state index contributed by atoms with van der Waals surface area (Å²) in [6.45, 7) is -0.483. The van der Waals surface area contributed by atoms with Crippen LogP contribution in [0.1, 0.15) is 27.3 Å². The van der Waals surface area contributed by atoms with Crippen LogP contribution in [-0.2, 0) is 18.9 Å². The Labute approximate surface area is 170 Å². The van der Waals surface area contributed by atoms with Crippen molar-refractivity contribution in [3.8, 4) is 5.69 Å². The highest BCUT2D eigenvalue weighted by Crippen LogP contribution is 2.34. The Balaban J connectivity index is 1.85. The highest BCUT2D eigenvalue weighted by Gasteiger charge is 2.40. The first-order chi connectivity index (χ1) is 14.0. The molecule has 3 aromatic rings. The summed E-state index contributed by atoms with van der Waals surface area (Å²) in [4.78, 5) is 15.9. The van der Waals surface area contributed by atoms with Crippen molar-refractivity contribution in [3.05, 3.63) is 76.3 Å². The third kappa shape index (κ3) is 4.56. The van der Waals surface area contributed by atoms with Gasteiger partial charge in [0.2, 0.25) is 0 Å². The first-order valence-electron chi connectivity index (χ1n) is 8.19. The number of hydrogen-bond donors (Lipinski definition) is 1. The van der Waals surface area contributed by atoms with Crippen molar-refractivity contribution in [2.24, 2.45) is 0 Å². The van der Waals surface area contributed by atoms with E-state index in [4.69, 9.17) is 11.6 Å². The smallest absolute Gasteiger partial charge is 0.346 e. The molecule has 158 valence electrons. The monoisotopic (exact) mass is 448 g/mol. The van der Waals surface area contributed by atoms with Crippen LogP contribution < -0.4 is 5.32 Å². The highest BCUT2D eigenvalue weighted by molar-refractivity contribution is 6.31. The van der Waals surface area contributed by atoms with Crippen LogP contribution in [-0.4, -0.2) is 20.7 Å². The van der Waals surface area contributed by atoms with Crippen molar-refractivity contribution in [2.45, 2.75) is 18.9 Å². The summed E-state index contributed by atoms with van der Waals surface area (Å²) < 4.78 is 79.3. The molecule has 30 heavy (non-hydrogen) atoms. The van der Waals surface area contributed by atoms with E-state index < -0.39 is 41.6 Å². The number of nitrogens with one attached hydrogen (secondary N) is 1.